The summed E-state index contributed by atoms with van der Waals surface area (Å²) in [5.74, 6) is 1.34. The van der Waals surface area contributed by atoms with Crippen LogP contribution in [-0.2, 0) is 6.54 Å². The Labute approximate surface area is 82.6 Å². The monoisotopic (exact) mass is 191 g/mol. The molecular weight excluding hydrogens is 178 g/mol. The average Bonchev–Trinajstić information content (AvgIpc) is 2.67. The summed E-state index contributed by atoms with van der Waals surface area (Å²) in [7, 11) is 0. The molecule has 0 aromatic carbocycles. The van der Waals surface area contributed by atoms with Crippen LogP contribution in [0.4, 0.5) is 0 Å². The fourth-order valence-electron chi connectivity index (χ4n) is 1.49. The summed E-state index contributed by atoms with van der Waals surface area (Å²) < 4.78 is 7.21. The minimum absolute atomic E-state index is 0.657. The molecule has 0 fully saturated rings. The summed E-state index contributed by atoms with van der Waals surface area (Å²) in [4.78, 5) is 4.17. The fraction of sp³-hybridized carbons (Fsp3) is 0.400. The predicted molar refractivity (Wildman–Crippen MR) is 52.0 cm³/mol. The average molecular weight is 191 g/mol. The number of rotatable bonds is 2. The van der Waals surface area contributed by atoms with Crippen molar-refractivity contribution < 1.29 is 4.52 Å². The SMILES string of the molecule is Cc1noc(Cn2c(C)ccc2C)n1. The Hall–Kier alpha value is -1.58. The van der Waals surface area contributed by atoms with Gasteiger partial charge in [-0.1, -0.05) is 5.16 Å². The first-order valence-electron chi connectivity index (χ1n) is 4.59. The van der Waals surface area contributed by atoms with Crippen LogP contribution in [0.15, 0.2) is 16.7 Å². The van der Waals surface area contributed by atoms with Crippen molar-refractivity contribution in [3.63, 3.8) is 0 Å². The van der Waals surface area contributed by atoms with Gasteiger partial charge in [-0.3, -0.25) is 0 Å². The Bertz CT molecular complexity index is 422. The number of aryl methyl sites for hydroxylation is 3. The maximum absolute atomic E-state index is 5.07. The van der Waals surface area contributed by atoms with Gasteiger partial charge in [0.25, 0.3) is 0 Å². The molecule has 2 heterocycles. The van der Waals surface area contributed by atoms with E-state index in [1.54, 1.807) is 0 Å². The van der Waals surface area contributed by atoms with Crippen molar-refractivity contribution in [2.75, 3.05) is 0 Å². The second kappa shape index (κ2) is 3.29. The van der Waals surface area contributed by atoms with Crippen molar-refractivity contribution in [1.82, 2.24) is 14.7 Å². The zero-order valence-corrected chi connectivity index (χ0v) is 8.61. The van der Waals surface area contributed by atoms with Crippen LogP contribution in [0.1, 0.15) is 23.1 Å². The van der Waals surface area contributed by atoms with Gasteiger partial charge in [0.05, 0.1) is 0 Å². The van der Waals surface area contributed by atoms with Crippen molar-refractivity contribution in [2.45, 2.75) is 27.3 Å². The number of hydrogen-bond donors (Lipinski definition) is 0. The van der Waals surface area contributed by atoms with E-state index in [1.165, 1.54) is 11.4 Å². The van der Waals surface area contributed by atoms with Gasteiger partial charge >= 0.3 is 0 Å². The van der Waals surface area contributed by atoms with Crippen molar-refractivity contribution in [2.24, 2.45) is 0 Å². The van der Waals surface area contributed by atoms with E-state index in [2.05, 4.69) is 40.7 Å². The zero-order chi connectivity index (χ0) is 10.1. The lowest BCUT2D eigenvalue weighted by Gasteiger charge is -2.04. The van der Waals surface area contributed by atoms with E-state index < -0.39 is 0 Å². The predicted octanol–water partition coefficient (Wildman–Crippen LogP) is 1.84. The van der Waals surface area contributed by atoms with Gasteiger partial charge in [0, 0.05) is 11.4 Å². The zero-order valence-electron chi connectivity index (χ0n) is 8.61. The Morgan fingerprint density at radius 3 is 2.36 bits per heavy atom. The maximum atomic E-state index is 5.07. The molecule has 0 aliphatic heterocycles. The molecule has 2 aromatic rings. The molecule has 0 bridgehead atoms. The molecule has 2 rings (SSSR count). The Balaban J connectivity index is 2.26. The van der Waals surface area contributed by atoms with E-state index >= 15 is 0 Å². The highest BCUT2D eigenvalue weighted by Crippen LogP contribution is 2.09. The molecule has 0 N–H and O–H groups in total. The van der Waals surface area contributed by atoms with Crippen LogP contribution in [-0.4, -0.2) is 14.7 Å². The Morgan fingerprint density at radius 2 is 1.86 bits per heavy atom. The second-order valence-electron chi connectivity index (χ2n) is 3.44. The first-order valence-corrected chi connectivity index (χ1v) is 4.59. The third kappa shape index (κ3) is 1.55. The molecule has 0 unspecified atom stereocenters. The summed E-state index contributed by atoms with van der Waals surface area (Å²) in [6, 6.07) is 4.16. The number of hydrogen-bond acceptors (Lipinski definition) is 3. The van der Waals surface area contributed by atoms with Crippen molar-refractivity contribution in [3.8, 4) is 0 Å². The van der Waals surface area contributed by atoms with Gasteiger partial charge in [0.2, 0.25) is 5.89 Å². The van der Waals surface area contributed by atoms with E-state index in [1.807, 2.05) is 6.92 Å². The Morgan fingerprint density at radius 1 is 1.21 bits per heavy atom. The molecule has 4 heteroatoms. The molecule has 0 saturated heterocycles. The van der Waals surface area contributed by atoms with Crippen LogP contribution in [0.2, 0.25) is 0 Å². The normalized spacial score (nSPS) is 10.8. The molecule has 0 atom stereocenters. The second-order valence-corrected chi connectivity index (χ2v) is 3.44. The van der Waals surface area contributed by atoms with E-state index in [0.29, 0.717) is 18.3 Å². The smallest absolute Gasteiger partial charge is 0.246 e. The van der Waals surface area contributed by atoms with Gasteiger partial charge in [0.1, 0.15) is 6.54 Å². The first-order chi connectivity index (χ1) is 6.66. The van der Waals surface area contributed by atoms with Crippen LogP contribution in [0.5, 0.6) is 0 Å². The van der Waals surface area contributed by atoms with Crippen molar-refractivity contribution in [3.05, 3.63) is 35.2 Å². The third-order valence-electron chi connectivity index (χ3n) is 2.28. The van der Waals surface area contributed by atoms with Gasteiger partial charge in [-0.25, -0.2) is 0 Å². The van der Waals surface area contributed by atoms with E-state index in [-0.39, 0.29) is 0 Å². The fourth-order valence-corrected chi connectivity index (χ4v) is 1.49. The van der Waals surface area contributed by atoms with Crippen molar-refractivity contribution >= 4 is 0 Å². The van der Waals surface area contributed by atoms with Crippen LogP contribution in [0, 0.1) is 20.8 Å². The highest BCUT2D eigenvalue weighted by molar-refractivity contribution is 5.14. The van der Waals surface area contributed by atoms with Gasteiger partial charge in [-0.15, -0.1) is 0 Å². The standard InChI is InChI=1S/C10H13N3O/c1-7-4-5-8(2)13(7)6-10-11-9(3)12-14-10/h4-5H,6H2,1-3H3. The summed E-state index contributed by atoms with van der Waals surface area (Å²) >= 11 is 0. The van der Waals surface area contributed by atoms with Crippen LogP contribution < -0.4 is 0 Å². The van der Waals surface area contributed by atoms with Gasteiger partial charge < -0.3 is 9.09 Å². The first kappa shape index (κ1) is 8.99. The van der Waals surface area contributed by atoms with Gasteiger partial charge in [0.15, 0.2) is 5.82 Å². The van der Waals surface area contributed by atoms with E-state index in [0.717, 1.165) is 0 Å². The molecule has 0 radical (unpaired) electrons. The highest BCUT2D eigenvalue weighted by Gasteiger charge is 2.06. The lowest BCUT2D eigenvalue weighted by Crippen LogP contribution is -2.03. The number of aromatic nitrogens is 3. The van der Waals surface area contributed by atoms with Crippen molar-refractivity contribution in [1.29, 1.82) is 0 Å². The molecule has 0 saturated carbocycles. The maximum Gasteiger partial charge on any atom is 0.246 e. The largest absolute Gasteiger partial charge is 0.340 e. The molecule has 0 amide bonds. The minimum Gasteiger partial charge on any atom is -0.340 e. The van der Waals surface area contributed by atoms with E-state index in [9.17, 15) is 0 Å². The number of nitrogens with zero attached hydrogens (tertiary/aromatic N) is 3. The van der Waals surface area contributed by atoms with E-state index in [4.69, 9.17) is 4.52 Å². The van der Waals surface area contributed by atoms with Crippen LogP contribution >= 0.6 is 0 Å². The highest BCUT2D eigenvalue weighted by atomic mass is 16.5. The van der Waals surface area contributed by atoms with Crippen LogP contribution in [0.25, 0.3) is 0 Å². The third-order valence-corrected chi connectivity index (χ3v) is 2.28. The lowest BCUT2D eigenvalue weighted by molar-refractivity contribution is 0.366. The van der Waals surface area contributed by atoms with Gasteiger partial charge in [-0.2, -0.15) is 4.98 Å². The molecule has 4 nitrogen and oxygen atoms in total. The summed E-state index contributed by atoms with van der Waals surface area (Å²) in [6.45, 7) is 6.61. The molecule has 0 spiro atoms. The van der Waals surface area contributed by atoms with Crippen LogP contribution in [0.3, 0.4) is 0 Å². The molecule has 74 valence electrons. The minimum atomic E-state index is 0.657. The Kier molecular flexibility index (Phi) is 2.11. The summed E-state index contributed by atoms with van der Waals surface area (Å²) in [5, 5.41) is 3.76. The quantitative estimate of drug-likeness (QED) is 0.727. The summed E-state index contributed by atoms with van der Waals surface area (Å²) in [5.41, 5.74) is 2.41. The molecule has 14 heavy (non-hydrogen) atoms. The lowest BCUT2D eigenvalue weighted by atomic mass is 10.5. The molecular formula is C10H13N3O. The molecule has 0 aliphatic carbocycles. The topological polar surface area (TPSA) is 43.9 Å². The summed E-state index contributed by atoms with van der Waals surface area (Å²) in [6.07, 6.45) is 0. The molecule has 0 aliphatic rings. The molecule has 2 aromatic heterocycles. The van der Waals surface area contributed by atoms with Gasteiger partial charge in [-0.05, 0) is 32.9 Å².